The third-order valence-corrected chi connectivity index (χ3v) is 7.45. The minimum atomic E-state index is -3.67. The highest BCUT2D eigenvalue weighted by atomic mass is 35.5. The van der Waals surface area contributed by atoms with Crippen LogP contribution in [0.3, 0.4) is 0 Å². The number of carbonyl (C=O) groups is 1. The summed E-state index contributed by atoms with van der Waals surface area (Å²) in [4.78, 5) is 12.5. The van der Waals surface area contributed by atoms with Crippen LogP contribution in [-0.2, 0) is 14.8 Å². The average Bonchev–Trinajstić information content (AvgIpc) is 3.03. The molecule has 1 N–H and O–H groups in total. The molecular weight excluding hydrogens is 495 g/mol. The third-order valence-electron chi connectivity index (χ3n) is 5.50. The summed E-state index contributed by atoms with van der Waals surface area (Å²) in [5.41, 5.74) is 8.07. The first-order valence-electron chi connectivity index (χ1n) is 10.4. The van der Waals surface area contributed by atoms with Crippen molar-refractivity contribution >= 4 is 51.0 Å². The van der Waals surface area contributed by atoms with Gasteiger partial charge in [0, 0.05) is 17.0 Å². The number of benzene rings is 2. The molecule has 0 bridgehead atoms. The summed E-state index contributed by atoms with van der Waals surface area (Å²) in [6.45, 7) is 7.25. The van der Waals surface area contributed by atoms with Crippen molar-refractivity contribution in [2.24, 2.45) is 5.10 Å². The van der Waals surface area contributed by atoms with Gasteiger partial charge in [-0.05, 0) is 69.2 Å². The number of hydrogen-bond donors (Lipinski definition) is 1. The van der Waals surface area contributed by atoms with E-state index in [1.165, 1.54) is 6.21 Å². The predicted molar refractivity (Wildman–Crippen MR) is 139 cm³/mol. The Kier molecular flexibility index (Phi) is 7.75. The number of nitrogens with one attached hydrogen (secondary N) is 1. The number of hydrazone groups is 1. The van der Waals surface area contributed by atoms with E-state index in [-0.39, 0.29) is 0 Å². The van der Waals surface area contributed by atoms with E-state index in [0.29, 0.717) is 15.7 Å². The van der Waals surface area contributed by atoms with E-state index in [2.05, 4.69) is 10.5 Å². The van der Waals surface area contributed by atoms with Gasteiger partial charge in [-0.3, -0.25) is 9.10 Å². The van der Waals surface area contributed by atoms with Crippen LogP contribution in [0, 0.1) is 27.7 Å². The molecule has 0 aliphatic carbocycles. The Morgan fingerprint density at radius 3 is 2.44 bits per heavy atom. The van der Waals surface area contributed by atoms with Crippen molar-refractivity contribution in [2.45, 2.75) is 27.7 Å². The molecule has 0 saturated carbocycles. The van der Waals surface area contributed by atoms with Crippen LogP contribution in [0.4, 0.5) is 5.69 Å². The largest absolute Gasteiger partial charge is 0.316 e. The highest BCUT2D eigenvalue weighted by molar-refractivity contribution is 7.92. The number of anilines is 1. The van der Waals surface area contributed by atoms with E-state index < -0.39 is 22.5 Å². The highest BCUT2D eigenvalue weighted by Crippen LogP contribution is 2.31. The van der Waals surface area contributed by atoms with Gasteiger partial charge in [0.05, 0.1) is 33.9 Å². The van der Waals surface area contributed by atoms with Crippen LogP contribution in [0.5, 0.6) is 0 Å². The molecule has 180 valence electrons. The first-order valence-corrected chi connectivity index (χ1v) is 13.0. The second-order valence-electron chi connectivity index (χ2n) is 8.07. The summed E-state index contributed by atoms with van der Waals surface area (Å²) < 4.78 is 27.6. The van der Waals surface area contributed by atoms with Crippen LogP contribution in [0.25, 0.3) is 5.69 Å². The number of aryl methyl sites for hydroxylation is 3. The molecule has 0 aliphatic rings. The summed E-state index contributed by atoms with van der Waals surface area (Å²) in [5.74, 6) is -0.563. The first-order chi connectivity index (χ1) is 15.9. The van der Waals surface area contributed by atoms with E-state index in [4.69, 9.17) is 23.2 Å². The fraction of sp³-hybridized carbons (Fsp3) is 0.250. The molecule has 1 heterocycles. The number of aromatic nitrogens is 1. The Labute approximate surface area is 210 Å². The van der Waals surface area contributed by atoms with Gasteiger partial charge in [0.25, 0.3) is 5.91 Å². The third kappa shape index (κ3) is 5.63. The maximum atomic E-state index is 12.5. The van der Waals surface area contributed by atoms with Gasteiger partial charge in [-0.2, -0.15) is 5.10 Å². The maximum Gasteiger partial charge on any atom is 0.260 e. The van der Waals surface area contributed by atoms with E-state index in [1.807, 2.05) is 56.5 Å². The number of hydrogen-bond acceptors (Lipinski definition) is 4. The molecule has 3 aromatic rings. The molecule has 0 atom stereocenters. The Morgan fingerprint density at radius 1 is 1.09 bits per heavy atom. The van der Waals surface area contributed by atoms with Crippen LogP contribution < -0.4 is 9.73 Å². The Balaban J connectivity index is 1.78. The monoisotopic (exact) mass is 520 g/mol. The summed E-state index contributed by atoms with van der Waals surface area (Å²) in [5, 5.41) is 4.92. The molecule has 7 nitrogen and oxygen atoms in total. The smallest absolute Gasteiger partial charge is 0.260 e. The lowest BCUT2D eigenvalue weighted by molar-refractivity contribution is -0.119. The molecule has 0 aliphatic heterocycles. The quantitative estimate of drug-likeness (QED) is 0.353. The Morgan fingerprint density at radius 2 is 1.79 bits per heavy atom. The highest BCUT2D eigenvalue weighted by Gasteiger charge is 2.21. The SMILES string of the molecule is Cc1ccc(N(CC(=O)N/N=C\c2cc(C)n(-c3cccc(Cl)c3Cl)c2C)S(C)(=O)=O)cc1C. The van der Waals surface area contributed by atoms with Gasteiger partial charge in [0.15, 0.2) is 0 Å². The van der Waals surface area contributed by atoms with Crippen LogP contribution in [0.2, 0.25) is 10.0 Å². The molecule has 0 radical (unpaired) electrons. The molecule has 0 fully saturated rings. The number of rotatable bonds is 7. The second kappa shape index (κ2) is 10.2. The van der Waals surface area contributed by atoms with Crippen molar-refractivity contribution in [1.29, 1.82) is 0 Å². The van der Waals surface area contributed by atoms with Crippen molar-refractivity contribution in [3.63, 3.8) is 0 Å². The zero-order valence-corrected chi connectivity index (χ0v) is 21.9. The number of amides is 1. The molecule has 2 aromatic carbocycles. The Bertz CT molecular complexity index is 1380. The lowest BCUT2D eigenvalue weighted by Gasteiger charge is -2.22. The summed E-state index contributed by atoms with van der Waals surface area (Å²) in [6.07, 6.45) is 2.57. The number of carbonyl (C=O) groups excluding carboxylic acids is 1. The van der Waals surface area contributed by atoms with Crippen LogP contribution in [0.15, 0.2) is 47.6 Å². The summed E-state index contributed by atoms with van der Waals surface area (Å²) in [6, 6.07) is 12.5. The first kappa shape index (κ1) is 25.8. The molecule has 34 heavy (non-hydrogen) atoms. The molecule has 0 unspecified atom stereocenters. The van der Waals surface area contributed by atoms with E-state index >= 15 is 0 Å². The summed E-state index contributed by atoms with van der Waals surface area (Å²) >= 11 is 12.5. The van der Waals surface area contributed by atoms with Crippen molar-refractivity contribution < 1.29 is 13.2 Å². The van der Waals surface area contributed by atoms with Gasteiger partial charge in [0.2, 0.25) is 10.0 Å². The van der Waals surface area contributed by atoms with E-state index in [1.54, 1.807) is 18.2 Å². The minimum absolute atomic E-state index is 0.393. The average molecular weight is 521 g/mol. The lowest BCUT2D eigenvalue weighted by atomic mass is 10.1. The fourth-order valence-corrected chi connectivity index (χ4v) is 4.80. The van der Waals surface area contributed by atoms with E-state index in [0.717, 1.165) is 44.3 Å². The van der Waals surface area contributed by atoms with Crippen LogP contribution in [0.1, 0.15) is 28.1 Å². The molecule has 1 aromatic heterocycles. The predicted octanol–water partition coefficient (Wildman–Crippen LogP) is 4.93. The van der Waals surface area contributed by atoms with Gasteiger partial charge >= 0.3 is 0 Å². The van der Waals surface area contributed by atoms with Gasteiger partial charge in [-0.25, -0.2) is 13.8 Å². The Hall–Kier alpha value is -2.81. The zero-order valence-electron chi connectivity index (χ0n) is 19.6. The number of nitrogens with zero attached hydrogens (tertiary/aromatic N) is 3. The lowest BCUT2D eigenvalue weighted by Crippen LogP contribution is -2.39. The van der Waals surface area contributed by atoms with Gasteiger partial charge in [0.1, 0.15) is 6.54 Å². The molecule has 0 saturated heterocycles. The van der Waals surface area contributed by atoms with Gasteiger partial charge < -0.3 is 4.57 Å². The molecule has 3 rings (SSSR count). The molecule has 1 amide bonds. The van der Waals surface area contributed by atoms with Crippen molar-refractivity contribution in [3.05, 3.63) is 80.6 Å². The second-order valence-corrected chi connectivity index (χ2v) is 10.8. The number of halogens is 2. The van der Waals surface area contributed by atoms with Gasteiger partial charge in [-0.15, -0.1) is 0 Å². The van der Waals surface area contributed by atoms with Crippen molar-refractivity contribution in [1.82, 2.24) is 9.99 Å². The van der Waals surface area contributed by atoms with Crippen LogP contribution in [-0.4, -0.2) is 37.9 Å². The van der Waals surface area contributed by atoms with Crippen LogP contribution >= 0.6 is 23.2 Å². The van der Waals surface area contributed by atoms with Crippen molar-refractivity contribution in [3.8, 4) is 5.69 Å². The zero-order chi connectivity index (χ0) is 25.2. The molecular formula is C24H26Cl2N4O3S. The topological polar surface area (TPSA) is 83.8 Å². The summed E-state index contributed by atoms with van der Waals surface area (Å²) in [7, 11) is -3.67. The normalized spacial score (nSPS) is 11.7. The molecule has 10 heteroatoms. The minimum Gasteiger partial charge on any atom is -0.316 e. The maximum absolute atomic E-state index is 12.5. The molecule has 0 spiro atoms. The fourth-order valence-electron chi connectivity index (χ4n) is 3.57. The van der Waals surface area contributed by atoms with Crippen molar-refractivity contribution in [2.75, 3.05) is 17.1 Å². The van der Waals surface area contributed by atoms with E-state index in [9.17, 15) is 13.2 Å². The standard InChI is InChI=1S/C24H26Cl2N4O3S/c1-15-9-10-20(11-16(15)2)29(34(5,32)33)14-23(31)28-27-13-19-12-17(3)30(18(19)4)22-8-6-7-21(25)24(22)26/h6-13H,14H2,1-5H3,(H,28,31)/b27-13-. The van der Waals surface area contributed by atoms with Gasteiger partial charge in [-0.1, -0.05) is 35.3 Å². The number of sulfonamides is 1.